The van der Waals surface area contributed by atoms with Gasteiger partial charge in [-0.25, -0.2) is 0 Å². The number of nitrogens with zero attached hydrogens (tertiary/aromatic N) is 1. The minimum Gasteiger partial charge on any atom is -0.362 e. The van der Waals surface area contributed by atoms with E-state index >= 15 is 0 Å². The number of rotatable bonds is 3. The molecule has 0 unspecified atom stereocenters. The molecule has 0 saturated carbocycles. The molecule has 2 fully saturated rings. The summed E-state index contributed by atoms with van der Waals surface area (Å²) in [6.07, 6.45) is 1.11. The van der Waals surface area contributed by atoms with Gasteiger partial charge in [-0.05, 0) is 18.6 Å². The summed E-state index contributed by atoms with van der Waals surface area (Å²) in [5.74, 6) is 2.44. The lowest BCUT2D eigenvalue weighted by molar-refractivity contribution is 0.254. The van der Waals surface area contributed by atoms with Crippen LogP contribution in [0.5, 0.6) is 0 Å². The molecule has 2 bridgehead atoms. The molecule has 80 valence electrons. The molecule has 6 heteroatoms. The van der Waals surface area contributed by atoms with Crippen molar-refractivity contribution in [2.75, 3.05) is 18.1 Å². The third-order valence-corrected chi connectivity index (χ3v) is 5.48. The smallest absolute Gasteiger partial charge is 0.181 e. The quantitative estimate of drug-likeness (QED) is 0.731. The lowest BCUT2D eigenvalue weighted by atomic mass is 10.5. The normalized spacial score (nSPS) is 30.6. The molecule has 2 atom stereocenters. The molecule has 2 heterocycles. The van der Waals surface area contributed by atoms with E-state index < -0.39 is 0 Å². The number of fused-ring (bicyclic) bond motifs is 2. The Labute approximate surface area is 98.7 Å². The van der Waals surface area contributed by atoms with E-state index in [1.54, 1.807) is 0 Å². The van der Waals surface area contributed by atoms with Gasteiger partial charge in [0.05, 0.1) is 10.7 Å². The Hall–Kier alpha value is 0.350. The Bertz CT molecular complexity index is 204. The topological polar surface area (TPSA) is 27.3 Å². The Balaban J connectivity index is 1.77. The molecule has 14 heavy (non-hydrogen) atoms. The molecule has 3 nitrogen and oxygen atoms in total. The summed E-state index contributed by atoms with van der Waals surface area (Å²) in [7, 11) is 0. The van der Waals surface area contributed by atoms with Crippen LogP contribution in [0.1, 0.15) is 13.3 Å². The number of hydrogen-bond donors (Lipinski definition) is 2. The standard InChI is InChI=1S/C8H15N3S3/c1-2-3-9-8(12)10-11-6-4-13-7(11)5-14-6/h6-7H,2-5H2,1H3,(H2,9,10,12)/t6-,7+. The maximum absolute atomic E-state index is 5.21. The molecule has 0 aliphatic carbocycles. The van der Waals surface area contributed by atoms with E-state index in [4.69, 9.17) is 12.2 Å². The third-order valence-electron chi connectivity index (χ3n) is 2.25. The van der Waals surface area contributed by atoms with Crippen molar-refractivity contribution in [3.63, 3.8) is 0 Å². The van der Waals surface area contributed by atoms with E-state index in [1.807, 2.05) is 23.5 Å². The molecule has 2 rings (SSSR count). The van der Waals surface area contributed by atoms with Crippen LogP contribution in [0.4, 0.5) is 0 Å². The van der Waals surface area contributed by atoms with Gasteiger partial charge in [-0.2, -0.15) is 5.01 Å². The molecular formula is C8H15N3S3. The Morgan fingerprint density at radius 2 is 2.07 bits per heavy atom. The van der Waals surface area contributed by atoms with Gasteiger partial charge in [0.2, 0.25) is 0 Å². The first-order chi connectivity index (χ1) is 6.81. The second-order valence-corrected chi connectivity index (χ2v) is 6.18. The maximum atomic E-state index is 5.21. The summed E-state index contributed by atoms with van der Waals surface area (Å²) >= 11 is 9.25. The van der Waals surface area contributed by atoms with Gasteiger partial charge >= 0.3 is 0 Å². The summed E-state index contributed by atoms with van der Waals surface area (Å²) in [5, 5.41) is 7.48. The highest BCUT2D eigenvalue weighted by molar-refractivity contribution is 8.07. The van der Waals surface area contributed by atoms with Crippen molar-refractivity contribution >= 4 is 40.9 Å². The molecule has 0 spiro atoms. The van der Waals surface area contributed by atoms with Crippen molar-refractivity contribution in [1.29, 1.82) is 0 Å². The molecule has 0 aromatic rings. The van der Waals surface area contributed by atoms with Gasteiger partial charge in [0, 0.05) is 18.1 Å². The lowest BCUT2D eigenvalue weighted by Crippen LogP contribution is -2.49. The van der Waals surface area contributed by atoms with Gasteiger partial charge in [-0.1, -0.05) is 6.92 Å². The van der Waals surface area contributed by atoms with E-state index in [2.05, 4.69) is 22.7 Å². The van der Waals surface area contributed by atoms with E-state index in [1.165, 1.54) is 11.5 Å². The summed E-state index contributed by atoms with van der Waals surface area (Å²) in [5.41, 5.74) is 3.29. The Kier molecular flexibility index (Phi) is 3.81. The molecule has 2 N–H and O–H groups in total. The maximum Gasteiger partial charge on any atom is 0.181 e. The Morgan fingerprint density at radius 3 is 2.57 bits per heavy atom. The van der Waals surface area contributed by atoms with E-state index in [0.717, 1.165) is 18.1 Å². The molecule has 2 aliphatic rings. The summed E-state index contributed by atoms with van der Waals surface area (Å²) in [6, 6.07) is 0. The van der Waals surface area contributed by atoms with E-state index in [-0.39, 0.29) is 0 Å². The van der Waals surface area contributed by atoms with Gasteiger partial charge in [-0.3, -0.25) is 5.43 Å². The van der Waals surface area contributed by atoms with Crippen LogP contribution >= 0.6 is 35.7 Å². The number of hydrazine groups is 1. The van der Waals surface area contributed by atoms with Crippen LogP contribution in [0, 0.1) is 0 Å². The summed E-state index contributed by atoms with van der Waals surface area (Å²) in [4.78, 5) is 0. The van der Waals surface area contributed by atoms with Gasteiger partial charge in [0.25, 0.3) is 0 Å². The van der Waals surface area contributed by atoms with Crippen molar-refractivity contribution in [3.8, 4) is 0 Å². The molecule has 2 saturated heterocycles. The molecule has 0 aromatic heterocycles. The van der Waals surface area contributed by atoms with Crippen molar-refractivity contribution in [1.82, 2.24) is 15.8 Å². The van der Waals surface area contributed by atoms with Crippen molar-refractivity contribution in [2.45, 2.75) is 24.1 Å². The highest BCUT2D eigenvalue weighted by atomic mass is 32.2. The van der Waals surface area contributed by atoms with Crippen LogP contribution in [0.15, 0.2) is 0 Å². The average Bonchev–Trinajstić information content (AvgIpc) is 2.75. The average molecular weight is 249 g/mol. The van der Waals surface area contributed by atoms with Gasteiger partial charge in [-0.15, -0.1) is 23.5 Å². The third kappa shape index (κ3) is 2.29. The predicted octanol–water partition coefficient (Wildman–Crippen LogP) is 1.22. The zero-order valence-corrected chi connectivity index (χ0v) is 10.6. The second-order valence-electron chi connectivity index (χ2n) is 3.35. The summed E-state index contributed by atoms with van der Waals surface area (Å²) < 4.78 is 0. The minimum atomic E-state index is 0.617. The first kappa shape index (κ1) is 10.9. The van der Waals surface area contributed by atoms with Crippen molar-refractivity contribution in [2.24, 2.45) is 0 Å². The Morgan fingerprint density at radius 1 is 1.43 bits per heavy atom. The highest BCUT2D eigenvalue weighted by Crippen LogP contribution is 2.42. The first-order valence-electron chi connectivity index (χ1n) is 4.87. The second kappa shape index (κ2) is 4.92. The van der Waals surface area contributed by atoms with Crippen LogP contribution in [-0.4, -0.2) is 38.9 Å². The van der Waals surface area contributed by atoms with E-state index in [9.17, 15) is 0 Å². The molecule has 2 aliphatic heterocycles. The molecule has 0 aromatic carbocycles. The fourth-order valence-corrected chi connectivity index (χ4v) is 4.87. The molecule has 0 radical (unpaired) electrons. The van der Waals surface area contributed by atoms with Gasteiger partial charge < -0.3 is 5.32 Å². The van der Waals surface area contributed by atoms with Gasteiger partial charge in [0.1, 0.15) is 0 Å². The minimum absolute atomic E-state index is 0.617. The first-order valence-corrected chi connectivity index (χ1v) is 7.38. The number of nitrogens with one attached hydrogen (secondary N) is 2. The van der Waals surface area contributed by atoms with Crippen LogP contribution < -0.4 is 10.7 Å². The lowest BCUT2D eigenvalue weighted by Gasteiger charge is -2.22. The van der Waals surface area contributed by atoms with Gasteiger partial charge in [0.15, 0.2) is 5.11 Å². The zero-order valence-electron chi connectivity index (χ0n) is 8.16. The van der Waals surface area contributed by atoms with Crippen LogP contribution in [0.3, 0.4) is 0 Å². The van der Waals surface area contributed by atoms with Crippen molar-refractivity contribution in [3.05, 3.63) is 0 Å². The SMILES string of the molecule is CCCNC(=S)NN1[C@@H]2CS[C@@H]1CS2. The molecule has 0 amide bonds. The van der Waals surface area contributed by atoms with Crippen LogP contribution in [-0.2, 0) is 0 Å². The van der Waals surface area contributed by atoms with Crippen molar-refractivity contribution < 1.29 is 0 Å². The molecular weight excluding hydrogens is 234 g/mol. The fourth-order valence-electron chi connectivity index (χ4n) is 1.53. The predicted molar refractivity (Wildman–Crippen MR) is 68.4 cm³/mol. The monoisotopic (exact) mass is 249 g/mol. The van der Waals surface area contributed by atoms with Crippen LogP contribution in [0.25, 0.3) is 0 Å². The van der Waals surface area contributed by atoms with Crippen LogP contribution in [0.2, 0.25) is 0 Å². The largest absolute Gasteiger partial charge is 0.362 e. The summed E-state index contributed by atoms with van der Waals surface area (Å²) in [6.45, 7) is 3.09. The number of thioether (sulfide) groups is 2. The number of thiocarbonyl (C=S) groups is 1. The van der Waals surface area contributed by atoms with E-state index in [0.29, 0.717) is 10.7 Å². The zero-order chi connectivity index (χ0) is 9.97. The number of hydrogen-bond acceptors (Lipinski definition) is 4. The fraction of sp³-hybridized carbons (Fsp3) is 0.875. The highest BCUT2D eigenvalue weighted by Gasteiger charge is 2.41.